The molecule has 1 aromatic heterocycles. The molecule has 32 heavy (non-hydrogen) atoms. The first-order chi connectivity index (χ1) is 15.5. The molecule has 1 atom stereocenters. The van der Waals surface area contributed by atoms with Gasteiger partial charge in [-0.25, -0.2) is 4.39 Å². The van der Waals surface area contributed by atoms with Gasteiger partial charge in [-0.05, 0) is 81.8 Å². The van der Waals surface area contributed by atoms with Gasteiger partial charge in [0.2, 0.25) is 5.91 Å². The van der Waals surface area contributed by atoms with Gasteiger partial charge in [0.25, 0.3) is 0 Å². The van der Waals surface area contributed by atoms with Crippen molar-refractivity contribution in [2.24, 2.45) is 5.92 Å². The molecule has 1 fully saturated rings. The van der Waals surface area contributed by atoms with Gasteiger partial charge < -0.3 is 10.1 Å². The molecule has 1 aromatic carbocycles. The lowest BCUT2D eigenvalue weighted by Gasteiger charge is -2.38. The van der Waals surface area contributed by atoms with Crippen molar-refractivity contribution in [3.05, 3.63) is 51.7 Å². The molecule has 172 valence electrons. The van der Waals surface area contributed by atoms with Crippen molar-refractivity contribution in [1.82, 2.24) is 4.90 Å². The van der Waals surface area contributed by atoms with E-state index in [1.165, 1.54) is 29.0 Å². The predicted octanol–water partition coefficient (Wildman–Crippen LogP) is 5.09. The van der Waals surface area contributed by atoms with Gasteiger partial charge in [0, 0.05) is 17.4 Å². The number of esters is 1. The van der Waals surface area contributed by atoms with Crippen LogP contribution < -0.4 is 5.32 Å². The quantitative estimate of drug-likeness (QED) is 0.613. The Hall–Kier alpha value is -2.25. The van der Waals surface area contributed by atoms with Crippen molar-refractivity contribution in [2.75, 3.05) is 25.0 Å². The second-order valence-electron chi connectivity index (χ2n) is 8.65. The number of hydrogen-bond acceptors (Lipinski definition) is 5. The number of aryl methyl sites for hydroxylation is 1. The number of thiophene rings is 1. The van der Waals surface area contributed by atoms with Crippen LogP contribution in [0.2, 0.25) is 0 Å². The summed E-state index contributed by atoms with van der Waals surface area (Å²) in [4.78, 5) is 28.0. The molecule has 1 N–H and O–H groups in total. The highest BCUT2D eigenvalue weighted by atomic mass is 32.1. The number of fused-ring (bicyclic) bond motifs is 1. The molecule has 0 spiro atoms. The zero-order valence-electron chi connectivity index (χ0n) is 18.8. The van der Waals surface area contributed by atoms with Gasteiger partial charge in [0.05, 0.1) is 18.6 Å². The molecule has 5 nitrogen and oxygen atoms in total. The van der Waals surface area contributed by atoms with Crippen LogP contribution >= 0.6 is 11.3 Å². The molecule has 0 saturated carbocycles. The number of nitrogens with zero attached hydrogens (tertiary/aromatic N) is 1. The van der Waals surface area contributed by atoms with Crippen LogP contribution in [0, 0.1) is 11.7 Å². The van der Waals surface area contributed by atoms with E-state index in [-0.39, 0.29) is 29.7 Å². The molecule has 1 amide bonds. The maximum Gasteiger partial charge on any atom is 0.309 e. The molecular weight excluding hydrogens is 427 g/mol. The van der Waals surface area contributed by atoms with E-state index in [1.54, 1.807) is 18.3 Å². The first kappa shape index (κ1) is 22.9. The topological polar surface area (TPSA) is 58.6 Å². The Labute approximate surface area is 193 Å². The lowest BCUT2D eigenvalue weighted by Crippen LogP contribution is -2.40. The first-order valence-corrected chi connectivity index (χ1v) is 12.4. The monoisotopic (exact) mass is 458 g/mol. The maximum absolute atomic E-state index is 13.8. The fourth-order valence-electron chi connectivity index (χ4n) is 4.99. The Bertz CT molecular complexity index is 964. The lowest BCUT2D eigenvalue weighted by atomic mass is 9.87. The second-order valence-corrected chi connectivity index (χ2v) is 9.76. The summed E-state index contributed by atoms with van der Waals surface area (Å²) in [5.74, 6) is -0.532. The van der Waals surface area contributed by atoms with E-state index in [1.807, 2.05) is 19.1 Å². The Kier molecular flexibility index (Phi) is 7.26. The van der Waals surface area contributed by atoms with Gasteiger partial charge in [0.15, 0.2) is 0 Å². The number of nitrogens with one attached hydrogen (secondary N) is 1. The van der Waals surface area contributed by atoms with E-state index in [4.69, 9.17) is 4.74 Å². The zero-order chi connectivity index (χ0) is 22.7. The van der Waals surface area contributed by atoms with Crippen molar-refractivity contribution >= 4 is 28.2 Å². The molecule has 2 aromatic rings. The van der Waals surface area contributed by atoms with Crippen LogP contribution in [0.4, 0.5) is 9.39 Å². The minimum absolute atomic E-state index is 0.0775. The smallest absolute Gasteiger partial charge is 0.309 e. The molecule has 0 radical (unpaired) electrons. The van der Waals surface area contributed by atoms with Crippen LogP contribution in [-0.2, 0) is 27.2 Å². The minimum atomic E-state index is -0.261. The van der Waals surface area contributed by atoms with E-state index >= 15 is 0 Å². The van der Waals surface area contributed by atoms with Crippen molar-refractivity contribution in [1.29, 1.82) is 0 Å². The van der Waals surface area contributed by atoms with Gasteiger partial charge in [-0.3, -0.25) is 14.5 Å². The van der Waals surface area contributed by atoms with Crippen LogP contribution in [0.1, 0.15) is 67.1 Å². The molecule has 7 heteroatoms. The largest absolute Gasteiger partial charge is 0.466 e. The standard InChI is InChI=1S/C25H31FN2O3S/c1-3-31-25(30)18-12-14-28(15-13-18)23(17-8-10-19(26)11-9-17)22-20-6-4-5-7-21(20)32-24(22)27-16(2)29/h8-11,18,23H,3-7,12-15H2,1-2H3,(H,27,29). The van der Waals surface area contributed by atoms with Gasteiger partial charge in [-0.15, -0.1) is 11.3 Å². The van der Waals surface area contributed by atoms with Crippen LogP contribution in [0.5, 0.6) is 0 Å². The molecule has 2 aliphatic rings. The van der Waals surface area contributed by atoms with Crippen LogP contribution in [0.25, 0.3) is 0 Å². The lowest BCUT2D eigenvalue weighted by molar-refractivity contribution is -0.149. The predicted molar refractivity (Wildman–Crippen MR) is 124 cm³/mol. The van der Waals surface area contributed by atoms with Gasteiger partial charge in [0.1, 0.15) is 10.8 Å². The molecule has 0 bridgehead atoms. The molecule has 2 heterocycles. The van der Waals surface area contributed by atoms with Gasteiger partial charge in [-0.2, -0.15) is 0 Å². The highest BCUT2D eigenvalue weighted by Gasteiger charge is 2.35. The summed E-state index contributed by atoms with van der Waals surface area (Å²) in [6.45, 7) is 5.27. The normalized spacial score (nSPS) is 18.1. The third-order valence-electron chi connectivity index (χ3n) is 6.48. The number of likely N-dealkylation sites (tertiary alicyclic amines) is 1. The number of amides is 1. The van der Waals surface area contributed by atoms with Crippen LogP contribution in [0.15, 0.2) is 24.3 Å². The summed E-state index contributed by atoms with van der Waals surface area (Å²) in [7, 11) is 0. The third kappa shape index (κ3) is 4.89. The number of carbonyl (C=O) groups is 2. The van der Waals surface area contributed by atoms with Crippen molar-refractivity contribution in [3.63, 3.8) is 0 Å². The maximum atomic E-state index is 13.8. The van der Waals surface area contributed by atoms with Crippen molar-refractivity contribution in [2.45, 2.75) is 58.4 Å². The molecule has 1 saturated heterocycles. The number of halogens is 1. The van der Waals surface area contributed by atoms with Crippen molar-refractivity contribution in [3.8, 4) is 0 Å². The highest BCUT2D eigenvalue weighted by Crippen LogP contribution is 2.46. The summed E-state index contributed by atoms with van der Waals surface area (Å²) >= 11 is 1.69. The van der Waals surface area contributed by atoms with E-state index in [2.05, 4.69) is 10.2 Å². The molecule has 1 aliphatic heterocycles. The minimum Gasteiger partial charge on any atom is -0.466 e. The highest BCUT2D eigenvalue weighted by molar-refractivity contribution is 7.16. The average molecular weight is 459 g/mol. The Balaban J connectivity index is 1.72. The summed E-state index contributed by atoms with van der Waals surface area (Å²) in [5, 5.41) is 3.99. The Morgan fingerprint density at radius 1 is 1.19 bits per heavy atom. The van der Waals surface area contributed by atoms with Crippen LogP contribution in [-0.4, -0.2) is 36.5 Å². The van der Waals surface area contributed by atoms with Gasteiger partial charge >= 0.3 is 5.97 Å². The Morgan fingerprint density at radius 2 is 1.88 bits per heavy atom. The summed E-state index contributed by atoms with van der Waals surface area (Å²) in [6, 6.07) is 6.62. The summed E-state index contributed by atoms with van der Waals surface area (Å²) in [5.41, 5.74) is 3.51. The number of ether oxygens (including phenoxy) is 1. The fraction of sp³-hybridized carbons (Fsp3) is 0.520. The zero-order valence-corrected chi connectivity index (χ0v) is 19.6. The van der Waals surface area contributed by atoms with Gasteiger partial charge in [-0.1, -0.05) is 12.1 Å². The van der Waals surface area contributed by atoms with Crippen LogP contribution in [0.3, 0.4) is 0 Å². The number of anilines is 1. The average Bonchev–Trinajstić information content (AvgIpc) is 3.13. The second kappa shape index (κ2) is 10.1. The van der Waals surface area contributed by atoms with Crippen molar-refractivity contribution < 1.29 is 18.7 Å². The number of hydrogen-bond donors (Lipinski definition) is 1. The number of carbonyl (C=O) groups excluding carboxylic acids is 2. The molecule has 1 unspecified atom stereocenters. The molecule has 4 rings (SSSR count). The first-order valence-electron chi connectivity index (χ1n) is 11.6. The fourth-order valence-corrected chi connectivity index (χ4v) is 6.36. The SMILES string of the molecule is CCOC(=O)C1CCN(C(c2ccc(F)cc2)c2c(NC(C)=O)sc3c2CCCC3)CC1. The summed E-state index contributed by atoms with van der Waals surface area (Å²) in [6.07, 6.45) is 5.80. The summed E-state index contributed by atoms with van der Waals surface area (Å²) < 4.78 is 19.0. The number of benzene rings is 1. The number of piperidine rings is 1. The van der Waals surface area contributed by atoms with E-state index in [0.717, 1.165) is 61.3 Å². The molecule has 1 aliphatic carbocycles. The van der Waals surface area contributed by atoms with E-state index in [9.17, 15) is 14.0 Å². The van der Waals surface area contributed by atoms with E-state index in [0.29, 0.717) is 6.61 Å². The molecular formula is C25H31FN2O3S. The van der Waals surface area contributed by atoms with E-state index < -0.39 is 0 Å². The Morgan fingerprint density at radius 3 is 2.53 bits per heavy atom. The third-order valence-corrected chi connectivity index (χ3v) is 7.70. The number of rotatable bonds is 6.